The fraction of sp³-hybridized carbons (Fsp3) is 0. The molecular weight excluding hydrogens is 130 g/mol. The van der Waals surface area contributed by atoms with E-state index in [0.717, 1.165) is 6.20 Å². The number of halogens is 1. The van der Waals surface area contributed by atoms with E-state index in [1.165, 1.54) is 0 Å². The quantitative estimate of drug-likeness (QED) is 0.548. The SMILES string of the molecule is Oc1cnnnc1Cl. The zero-order valence-corrected chi connectivity index (χ0v) is 4.50. The molecule has 1 N–H and O–H groups in total. The van der Waals surface area contributed by atoms with Gasteiger partial charge >= 0.3 is 0 Å². The molecule has 0 bridgehead atoms. The highest BCUT2D eigenvalue weighted by Gasteiger charge is 1.94. The Kier molecular flexibility index (Phi) is 1.26. The lowest BCUT2D eigenvalue weighted by molar-refractivity contribution is 0.465. The first-order valence-electron chi connectivity index (χ1n) is 1.83. The summed E-state index contributed by atoms with van der Waals surface area (Å²) in [6, 6.07) is 0. The van der Waals surface area contributed by atoms with Gasteiger partial charge in [0.1, 0.15) is 0 Å². The Bertz CT molecular complexity index is 171. The minimum Gasteiger partial charge on any atom is -0.504 e. The minimum atomic E-state index is -0.151. The Labute approximate surface area is 50.1 Å². The van der Waals surface area contributed by atoms with Crippen LogP contribution in [0.15, 0.2) is 6.20 Å². The predicted octanol–water partition coefficient (Wildman–Crippen LogP) is 0.231. The Morgan fingerprint density at radius 3 is 2.75 bits per heavy atom. The summed E-state index contributed by atoms with van der Waals surface area (Å²) >= 11 is 5.25. The molecular formula is C3H2ClN3O. The van der Waals surface area contributed by atoms with Crippen molar-refractivity contribution in [1.82, 2.24) is 15.4 Å². The second-order valence-electron chi connectivity index (χ2n) is 1.11. The van der Waals surface area contributed by atoms with Crippen LogP contribution in [0.1, 0.15) is 0 Å². The van der Waals surface area contributed by atoms with E-state index in [4.69, 9.17) is 16.7 Å². The fourth-order valence-corrected chi connectivity index (χ4v) is 0.333. The molecule has 4 nitrogen and oxygen atoms in total. The number of hydrogen-bond acceptors (Lipinski definition) is 4. The standard InChI is InChI=1S/C3H2ClN3O/c4-3-2(8)1-5-7-6-3/h1H,(H,7,8). The van der Waals surface area contributed by atoms with Gasteiger partial charge in [-0.1, -0.05) is 11.6 Å². The van der Waals surface area contributed by atoms with Gasteiger partial charge in [0.2, 0.25) is 0 Å². The number of aromatic hydroxyl groups is 1. The van der Waals surface area contributed by atoms with E-state index >= 15 is 0 Å². The van der Waals surface area contributed by atoms with E-state index in [-0.39, 0.29) is 10.9 Å². The maximum Gasteiger partial charge on any atom is 0.196 e. The first-order valence-corrected chi connectivity index (χ1v) is 2.21. The summed E-state index contributed by atoms with van der Waals surface area (Å²) < 4.78 is 0. The summed E-state index contributed by atoms with van der Waals surface area (Å²) in [5, 5.41) is 18.2. The van der Waals surface area contributed by atoms with E-state index in [9.17, 15) is 0 Å². The van der Waals surface area contributed by atoms with Crippen LogP contribution in [-0.2, 0) is 0 Å². The van der Waals surface area contributed by atoms with Gasteiger partial charge in [-0.3, -0.25) is 0 Å². The number of nitrogens with zero attached hydrogens (tertiary/aromatic N) is 3. The van der Waals surface area contributed by atoms with Gasteiger partial charge in [0.15, 0.2) is 10.9 Å². The van der Waals surface area contributed by atoms with Crippen molar-refractivity contribution in [2.45, 2.75) is 0 Å². The third kappa shape index (κ3) is 0.840. The van der Waals surface area contributed by atoms with E-state index in [2.05, 4.69) is 15.4 Å². The molecule has 0 aliphatic carbocycles. The molecule has 0 aliphatic rings. The van der Waals surface area contributed by atoms with Gasteiger partial charge in [0.25, 0.3) is 0 Å². The maximum absolute atomic E-state index is 8.62. The van der Waals surface area contributed by atoms with Crippen molar-refractivity contribution >= 4 is 11.6 Å². The Balaban J connectivity index is 3.13. The molecule has 0 amide bonds. The third-order valence-electron chi connectivity index (χ3n) is 0.576. The normalized spacial score (nSPS) is 9.12. The zero-order valence-electron chi connectivity index (χ0n) is 3.74. The zero-order chi connectivity index (χ0) is 5.98. The largest absolute Gasteiger partial charge is 0.504 e. The first-order chi connectivity index (χ1) is 3.80. The average molecular weight is 132 g/mol. The molecule has 0 aliphatic heterocycles. The maximum atomic E-state index is 8.62. The van der Waals surface area contributed by atoms with Crippen LogP contribution in [0.2, 0.25) is 5.15 Å². The number of rotatable bonds is 0. The highest BCUT2D eigenvalue weighted by atomic mass is 35.5. The number of hydrogen-bond donors (Lipinski definition) is 1. The van der Waals surface area contributed by atoms with Gasteiger partial charge in [-0.2, -0.15) is 0 Å². The topological polar surface area (TPSA) is 58.9 Å². The van der Waals surface area contributed by atoms with E-state index in [1.807, 2.05) is 0 Å². The second-order valence-corrected chi connectivity index (χ2v) is 1.47. The van der Waals surface area contributed by atoms with Gasteiger partial charge in [0.05, 0.1) is 6.20 Å². The van der Waals surface area contributed by atoms with E-state index in [0.29, 0.717) is 0 Å². The van der Waals surface area contributed by atoms with Crippen LogP contribution >= 0.6 is 11.6 Å². The lowest BCUT2D eigenvalue weighted by Crippen LogP contribution is -1.84. The lowest BCUT2D eigenvalue weighted by Gasteiger charge is -1.86. The van der Waals surface area contributed by atoms with Crippen LogP contribution in [0, 0.1) is 0 Å². The molecule has 1 aromatic heterocycles. The molecule has 8 heavy (non-hydrogen) atoms. The molecule has 0 spiro atoms. The molecule has 1 aromatic rings. The molecule has 0 fully saturated rings. The van der Waals surface area contributed by atoms with E-state index < -0.39 is 0 Å². The Hall–Kier alpha value is -0.900. The van der Waals surface area contributed by atoms with Gasteiger partial charge in [0, 0.05) is 0 Å². The van der Waals surface area contributed by atoms with Gasteiger partial charge in [-0.05, 0) is 5.21 Å². The predicted molar refractivity (Wildman–Crippen MR) is 26.5 cm³/mol. The average Bonchev–Trinajstić information content (AvgIpc) is 1.77. The van der Waals surface area contributed by atoms with Crippen LogP contribution in [0.3, 0.4) is 0 Å². The van der Waals surface area contributed by atoms with Crippen molar-refractivity contribution in [3.63, 3.8) is 0 Å². The van der Waals surface area contributed by atoms with Crippen molar-refractivity contribution in [1.29, 1.82) is 0 Å². The second kappa shape index (κ2) is 1.92. The molecule has 0 saturated heterocycles. The summed E-state index contributed by atoms with van der Waals surface area (Å²) in [5.74, 6) is -0.151. The molecule has 1 heterocycles. The number of aromatic nitrogens is 3. The summed E-state index contributed by atoms with van der Waals surface area (Å²) in [6.07, 6.45) is 1.12. The molecule has 0 atom stereocenters. The van der Waals surface area contributed by atoms with Crippen LogP contribution in [-0.4, -0.2) is 20.5 Å². The molecule has 42 valence electrons. The monoisotopic (exact) mass is 131 g/mol. The Morgan fingerprint density at radius 2 is 2.38 bits per heavy atom. The first kappa shape index (κ1) is 5.24. The smallest absolute Gasteiger partial charge is 0.196 e. The summed E-state index contributed by atoms with van der Waals surface area (Å²) in [6.45, 7) is 0. The van der Waals surface area contributed by atoms with Crippen LogP contribution in [0.4, 0.5) is 0 Å². The van der Waals surface area contributed by atoms with Crippen molar-refractivity contribution in [2.24, 2.45) is 0 Å². The lowest BCUT2D eigenvalue weighted by atomic mass is 10.6. The van der Waals surface area contributed by atoms with Crippen molar-refractivity contribution in [3.8, 4) is 5.75 Å². The molecule has 5 heteroatoms. The highest BCUT2D eigenvalue weighted by molar-refractivity contribution is 6.30. The summed E-state index contributed by atoms with van der Waals surface area (Å²) in [4.78, 5) is 0. The molecule has 0 saturated carbocycles. The van der Waals surface area contributed by atoms with Crippen molar-refractivity contribution in [3.05, 3.63) is 11.3 Å². The minimum absolute atomic E-state index is 0.0278. The molecule has 1 rings (SSSR count). The van der Waals surface area contributed by atoms with Crippen molar-refractivity contribution in [2.75, 3.05) is 0 Å². The van der Waals surface area contributed by atoms with Gasteiger partial charge in [-0.15, -0.1) is 10.2 Å². The molecule has 0 radical (unpaired) electrons. The van der Waals surface area contributed by atoms with Gasteiger partial charge in [-0.25, -0.2) is 0 Å². The fourth-order valence-electron chi connectivity index (χ4n) is 0.250. The molecule has 0 aromatic carbocycles. The van der Waals surface area contributed by atoms with E-state index in [1.54, 1.807) is 0 Å². The summed E-state index contributed by atoms with van der Waals surface area (Å²) in [5.41, 5.74) is 0. The highest BCUT2D eigenvalue weighted by Crippen LogP contribution is 2.14. The van der Waals surface area contributed by atoms with Crippen LogP contribution < -0.4 is 0 Å². The third-order valence-corrected chi connectivity index (χ3v) is 0.845. The van der Waals surface area contributed by atoms with Crippen LogP contribution in [0.25, 0.3) is 0 Å². The Morgan fingerprint density at radius 1 is 1.62 bits per heavy atom. The van der Waals surface area contributed by atoms with Crippen molar-refractivity contribution < 1.29 is 5.11 Å². The summed E-state index contributed by atoms with van der Waals surface area (Å²) in [7, 11) is 0. The van der Waals surface area contributed by atoms with Crippen LogP contribution in [0.5, 0.6) is 5.75 Å². The molecule has 0 unspecified atom stereocenters. The van der Waals surface area contributed by atoms with Gasteiger partial charge < -0.3 is 5.11 Å².